The topological polar surface area (TPSA) is 53.4 Å². The van der Waals surface area contributed by atoms with Gasteiger partial charge in [0.1, 0.15) is 0 Å². The number of hydrogen-bond donors (Lipinski definition) is 1. The third-order valence-corrected chi connectivity index (χ3v) is 5.63. The Labute approximate surface area is 177 Å². The standard InChI is InChI=1S/C23H17ClN2O2S/c24-17-13-11-16(12-14-17)22-20(15-21(27)28)29-23(25-22)26(18-7-3-1-4-8-18)19-9-5-2-6-10-19/h1-14H,15H2,(H,27,28). The number of carbonyl (C=O) groups is 1. The lowest BCUT2D eigenvalue weighted by atomic mass is 10.1. The molecule has 0 bridgehead atoms. The summed E-state index contributed by atoms with van der Waals surface area (Å²) in [5, 5.41) is 10.7. The largest absolute Gasteiger partial charge is 0.481 e. The van der Waals surface area contributed by atoms with Crippen molar-refractivity contribution < 1.29 is 9.90 Å². The summed E-state index contributed by atoms with van der Waals surface area (Å²) in [7, 11) is 0. The number of hydrogen-bond acceptors (Lipinski definition) is 4. The Morgan fingerprint density at radius 2 is 1.45 bits per heavy atom. The van der Waals surface area contributed by atoms with Gasteiger partial charge in [0.2, 0.25) is 0 Å². The quantitative estimate of drug-likeness (QED) is 0.383. The van der Waals surface area contributed by atoms with Crippen LogP contribution in [0.2, 0.25) is 5.02 Å². The van der Waals surface area contributed by atoms with Crippen LogP contribution in [-0.2, 0) is 11.2 Å². The number of carboxylic acids is 1. The third kappa shape index (κ3) is 4.31. The Kier molecular flexibility index (Phi) is 5.60. The summed E-state index contributed by atoms with van der Waals surface area (Å²) in [6.45, 7) is 0. The fourth-order valence-electron chi connectivity index (χ4n) is 3.05. The van der Waals surface area contributed by atoms with Crippen LogP contribution >= 0.6 is 22.9 Å². The minimum absolute atomic E-state index is 0.0902. The van der Waals surface area contributed by atoms with E-state index >= 15 is 0 Å². The van der Waals surface area contributed by atoms with Crippen LogP contribution < -0.4 is 4.90 Å². The average molecular weight is 421 g/mol. The number of benzene rings is 3. The predicted molar refractivity (Wildman–Crippen MR) is 119 cm³/mol. The molecule has 0 atom stereocenters. The van der Waals surface area contributed by atoms with Crippen molar-refractivity contribution in [3.05, 3.63) is 94.8 Å². The maximum absolute atomic E-state index is 11.5. The fraction of sp³-hybridized carbons (Fsp3) is 0.0435. The molecule has 0 amide bonds. The van der Waals surface area contributed by atoms with Crippen molar-refractivity contribution in [2.24, 2.45) is 0 Å². The van der Waals surface area contributed by atoms with Gasteiger partial charge in [0.15, 0.2) is 5.13 Å². The second-order valence-corrected chi connectivity index (χ2v) is 7.85. The number of carboxylic acid groups (broad SMARTS) is 1. The van der Waals surface area contributed by atoms with Crippen molar-refractivity contribution in [1.29, 1.82) is 0 Å². The number of rotatable bonds is 6. The first-order valence-corrected chi connectivity index (χ1v) is 10.2. The van der Waals surface area contributed by atoms with Gasteiger partial charge in [-0.3, -0.25) is 9.69 Å². The summed E-state index contributed by atoms with van der Waals surface area (Å²) in [5.41, 5.74) is 3.42. The van der Waals surface area contributed by atoms with Gasteiger partial charge in [-0.05, 0) is 36.4 Å². The van der Waals surface area contributed by atoms with Gasteiger partial charge in [-0.2, -0.15) is 0 Å². The first kappa shape index (κ1) is 19.2. The van der Waals surface area contributed by atoms with Gasteiger partial charge in [-0.25, -0.2) is 4.98 Å². The molecule has 4 rings (SSSR count). The zero-order valence-electron chi connectivity index (χ0n) is 15.3. The normalized spacial score (nSPS) is 10.7. The van der Waals surface area contributed by atoms with E-state index in [1.54, 1.807) is 12.1 Å². The van der Waals surface area contributed by atoms with Gasteiger partial charge in [-0.15, -0.1) is 0 Å². The smallest absolute Gasteiger partial charge is 0.308 e. The molecule has 1 aromatic heterocycles. The van der Waals surface area contributed by atoms with Crippen LogP contribution in [0.5, 0.6) is 0 Å². The van der Waals surface area contributed by atoms with Crippen molar-refractivity contribution in [2.75, 3.05) is 4.90 Å². The van der Waals surface area contributed by atoms with Crippen molar-refractivity contribution in [1.82, 2.24) is 4.98 Å². The SMILES string of the molecule is O=C(O)Cc1sc(N(c2ccccc2)c2ccccc2)nc1-c1ccc(Cl)cc1. The molecule has 0 aliphatic rings. The van der Waals surface area contributed by atoms with Crippen LogP contribution in [0.4, 0.5) is 16.5 Å². The van der Waals surface area contributed by atoms with Crippen molar-refractivity contribution in [3.8, 4) is 11.3 Å². The van der Waals surface area contributed by atoms with E-state index in [0.29, 0.717) is 20.7 Å². The van der Waals surface area contributed by atoms with Crippen molar-refractivity contribution >= 4 is 45.4 Å². The molecule has 0 spiro atoms. The highest BCUT2D eigenvalue weighted by Gasteiger charge is 2.21. The number of nitrogens with zero attached hydrogens (tertiary/aromatic N) is 2. The average Bonchev–Trinajstić information content (AvgIpc) is 3.13. The maximum atomic E-state index is 11.5. The van der Waals surface area contributed by atoms with Crippen LogP contribution in [0.25, 0.3) is 11.3 Å². The molecule has 6 heteroatoms. The molecule has 0 saturated heterocycles. The summed E-state index contributed by atoms with van der Waals surface area (Å²) < 4.78 is 0. The van der Waals surface area contributed by atoms with Crippen molar-refractivity contribution in [2.45, 2.75) is 6.42 Å². The Hall–Kier alpha value is -3.15. The van der Waals surface area contributed by atoms with Gasteiger partial charge in [0.25, 0.3) is 0 Å². The maximum Gasteiger partial charge on any atom is 0.308 e. The molecule has 1 N–H and O–H groups in total. The van der Waals surface area contributed by atoms with E-state index in [0.717, 1.165) is 16.9 Å². The van der Waals surface area contributed by atoms with E-state index in [4.69, 9.17) is 16.6 Å². The zero-order chi connectivity index (χ0) is 20.2. The highest BCUT2D eigenvalue weighted by atomic mass is 35.5. The Bertz CT molecular complexity index is 1070. The third-order valence-electron chi connectivity index (χ3n) is 4.34. The lowest BCUT2D eigenvalue weighted by Crippen LogP contribution is -2.09. The lowest BCUT2D eigenvalue weighted by Gasteiger charge is -2.22. The van der Waals surface area contributed by atoms with Crippen LogP contribution in [-0.4, -0.2) is 16.1 Å². The number of aromatic nitrogens is 1. The first-order valence-electron chi connectivity index (χ1n) is 8.99. The summed E-state index contributed by atoms with van der Waals surface area (Å²) in [6, 6.07) is 27.1. The summed E-state index contributed by atoms with van der Waals surface area (Å²) >= 11 is 7.40. The van der Waals surface area contributed by atoms with Gasteiger partial charge in [0, 0.05) is 26.8 Å². The molecule has 0 saturated carbocycles. The number of para-hydroxylation sites is 2. The van der Waals surface area contributed by atoms with E-state index in [-0.39, 0.29) is 6.42 Å². The minimum Gasteiger partial charge on any atom is -0.481 e. The Morgan fingerprint density at radius 1 is 0.897 bits per heavy atom. The van der Waals surface area contributed by atoms with E-state index in [2.05, 4.69) is 0 Å². The second-order valence-electron chi connectivity index (χ2n) is 6.35. The molecule has 0 fully saturated rings. The number of anilines is 3. The van der Waals surface area contributed by atoms with Gasteiger partial charge in [0.05, 0.1) is 12.1 Å². The van der Waals surface area contributed by atoms with Crippen LogP contribution in [0.15, 0.2) is 84.9 Å². The van der Waals surface area contributed by atoms with Crippen LogP contribution in [0.1, 0.15) is 4.88 Å². The first-order chi connectivity index (χ1) is 14.1. The lowest BCUT2D eigenvalue weighted by molar-refractivity contribution is -0.136. The predicted octanol–water partition coefficient (Wildman–Crippen LogP) is 6.56. The van der Waals surface area contributed by atoms with E-state index in [1.807, 2.05) is 77.7 Å². The second kappa shape index (κ2) is 8.47. The van der Waals surface area contributed by atoms with E-state index < -0.39 is 5.97 Å². The zero-order valence-corrected chi connectivity index (χ0v) is 16.9. The molecule has 0 aliphatic carbocycles. The Balaban J connectivity index is 1.87. The summed E-state index contributed by atoms with van der Waals surface area (Å²) in [5.74, 6) is -0.888. The van der Waals surface area contributed by atoms with Gasteiger partial charge < -0.3 is 5.11 Å². The molecule has 4 aromatic rings. The molecular formula is C23H17ClN2O2S. The molecule has 3 aromatic carbocycles. The molecule has 1 heterocycles. The number of aliphatic carboxylic acids is 1. The number of halogens is 1. The molecule has 0 aliphatic heterocycles. The van der Waals surface area contributed by atoms with Crippen molar-refractivity contribution in [3.63, 3.8) is 0 Å². The fourth-order valence-corrected chi connectivity index (χ4v) is 4.29. The molecule has 4 nitrogen and oxygen atoms in total. The minimum atomic E-state index is -0.888. The number of thiazole rings is 1. The van der Waals surface area contributed by atoms with E-state index in [1.165, 1.54) is 11.3 Å². The molecule has 0 unspecified atom stereocenters. The van der Waals surface area contributed by atoms with E-state index in [9.17, 15) is 9.90 Å². The highest BCUT2D eigenvalue weighted by molar-refractivity contribution is 7.16. The molecular weight excluding hydrogens is 404 g/mol. The van der Waals surface area contributed by atoms with Gasteiger partial charge in [-0.1, -0.05) is 71.5 Å². The summed E-state index contributed by atoms with van der Waals surface area (Å²) in [6.07, 6.45) is -0.0902. The Morgan fingerprint density at radius 3 is 1.97 bits per heavy atom. The monoisotopic (exact) mass is 420 g/mol. The molecule has 144 valence electrons. The van der Waals surface area contributed by atoms with Crippen LogP contribution in [0, 0.1) is 0 Å². The van der Waals surface area contributed by atoms with Crippen LogP contribution in [0.3, 0.4) is 0 Å². The van der Waals surface area contributed by atoms with Gasteiger partial charge >= 0.3 is 5.97 Å². The molecule has 29 heavy (non-hydrogen) atoms. The highest BCUT2D eigenvalue weighted by Crippen LogP contribution is 2.41. The summed E-state index contributed by atoms with van der Waals surface area (Å²) in [4.78, 5) is 19.1. The molecule has 0 radical (unpaired) electrons.